The molecule has 1 amide bonds. The van der Waals surface area contributed by atoms with E-state index in [1.54, 1.807) is 11.3 Å². The predicted molar refractivity (Wildman–Crippen MR) is 118 cm³/mol. The van der Waals surface area contributed by atoms with Gasteiger partial charge in [0, 0.05) is 50.8 Å². The number of hydrogen-bond donors (Lipinski definition) is 1. The van der Waals surface area contributed by atoms with Gasteiger partial charge in [0.05, 0.1) is 17.0 Å². The Morgan fingerprint density at radius 2 is 2.07 bits per heavy atom. The Bertz CT molecular complexity index is 789. The molecule has 1 fully saturated rings. The molecule has 9 heteroatoms. The number of rotatable bonds is 7. The van der Waals surface area contributed by atoms with Gasteiger partial charge in [0.2, 0.25) is 0 Å². The number of amides is 1. The first-order chi connectivity index (χ1) is 14.5. The Morgan fingerprint density at radius 3 is 2.77 bits per heavy atom. The lowest BCUT2D eigenvalue weighted by molar-refractivity contribution is -0.122. The summed E-state index contributed by atoms with van der Waals surface area (Å²) in [5, 5.41) is 9.87. The van der Waals surface area contributed by atoms with Crippen LogP contribution in [0.4, 0.5) is 0 Å². The van der Waals surface area contributed by atoms with Crippen molar-refractivity contribution in [2.75, 3.05) is 26.2 Å². The molecule has 0 radical (unpaired) electrons. The van der Waals surface area contributed by atoms with Crippen LogP contribution in [0.5, 0.6) is 0 Å². The molecule has 1 aliphatic rings. The highest BCUT2D eigenvalue weighted by atomic mass is 32.1. The summed E-state index contributed by atoms with van der Waals surface area (Å²) in [7, 11) is 0. The first kappa shape index (κ1) is 24.0. The van der Waals surface area contributed by atoms with Crippen molar-refractivity contribution in [3.05, 3.63) is 34.3 Å². The number of carbonyl (C=O) groups excluding carboxylic acids is 1. The molecule has 1 saturated heterocycles. The minimum absolute atomic E-state index is 0.0836. The molecule has 1 aliphatic heterocycles. The number of nitrogens with zero attached hydrogens (tertiary/aromatic N) is 5. The van der Waals surface area contributed by atoms with E-state index in [0.717, 1.165) is 63.5 Å². The molecule has 0 aromatic carbocycles. The van der Waals surface area contributed by atoms with Gasteiger partial charge < -0.3 is 14.6 Å². The van der Waals surface area contributed by atoms with Crippen LogP contribution >= 0.6 is 11.3 Å². The number of aromatic nitrogens is 3. The molecule has 0 spiro atoms. The van der Waals surface area contributed by atoms with E-state index in [-0.39, 0.29) is 12.4 Å². The lowest BCUT2D eigenvalue weighted by Crippen LogP contribution is -2.35. The van der Waals surface area contributed by atoms with E-state index in [2.05, 4.69) is 40.2 Å². The first-order valence-corrected chi connectivity index (χ1v) is 11.4. The van der Waals surface area contributed by atoms with Crippen LogP contribution in [0.2, 0.25) is 0 Å². The molecule has 0 saturated carbocycles. The topological polar surface area (TPSA) is 91.6 Å². The number of hydrogen-bond acceptors (Lipinski definition) is 6. The number of carbonyl (C=O) groups is 2. The Hall–Kier alpha value is -2.26. The van der Waals surface area contributed by atoms with E-state index in [0.29, 0.717) is 11.6 Å². The highest BCUT2D eigenvalue weighted by Gasteiger charge is 2.22. The summed E-state index contributed by atoms with van der Waals surface area (Å²) in [5.41, 5.74) is 1.87. The van der Waals surface area contributed by atoms with E-state index in [9.17, 15) is 4.79 Å². The second kappa shape index (κ2) is 12.4. The third kappa shape index (κ3) is 7.21. The molecular formula is C21H33N5O3S. The van der Waals surface area contributed by atoms with Gasteiger partial charge in [0.25, 0.3) is 12.4 Å². The van der Waals surface area contributed by atoms with Crippen molar-refractivity contribution >= 4 is 23.7 Å². The van der Waals surface area contributed by atoms with Crippen molar-refractivity contribution < 1.29 is 14.7 Å². The normalized spacial score (nSPS) is 14.9. The summed E-state index contributed by atoms with van der Waals surface area (Å²) < 4.78 is 2.25. The summed E-state index contributed by atoms with van der Waals surface area (Å²) >= 11 is 1.60. The van der Waals surface area contributed by atoms with E-state index in [1.807, 2.05) is 22.8 Å². The number of aryl methyl sites for hydroxylation is 1. The average molecular weight is 436 g/mol. The molecule has 30 heavy (non-hydrogen) atoms. The zero-order valence-electron chi connectivity index (χ0n) is 18.2. The Morgan fingerprint density at radius 1 is 1.30 bits per heavy atom. The molecule has 2 aromatic rings. The molecule has 3 rings (SSSR count). The minimum Gasteiger partial charge on any atom is -0.483 e. The zero-order chi connectivity index (χ0) is 21.9. The van der Waals surface area contributed by atoms with Crippen LogP contribution in [-0.2, 0) is 24.3 Å². The van der Waals surface area contributed by atoms with Gasteiger partial charge in [-0.2, -0.15) is 0 Å². The smallest absolute Gasteiger partial charge is 0.290 e. The number of imidazole rings is 1. The fourth-order valence-electron chi connectivity index (χ4n) is 3.50. The van der Waals surface area contributed by atoms with Gasteiger partial charge in [0.1, 0.15) is 5.69 Å². The number of carboxylic acid groups (broad SMARTS) is 1. The van der Waals surface area contributed by atoms with E-state index < -0.39 is 0 Å². The van der Waals surface area contributed by atoms with Crippen molar-refractivity contribution in [1.29, 1.82) is 0 Å². The van der Waals surface area contributed by atoms with Crippen molar-refractivity contribution in [3.8, 4) is 0 Å². The largest absolute Gasteiger partial charge is 0.483 e. The molecule has 3 heterocycles. The third-order valence-electron chi connectivity index (χ3n) is 4.86. The van der Waals surface area contributed by atoms with Crippen LogP contribution in [-0.4, -0.2) is 68.0 Å². The Kier molecular flexibility index (Phi) is 9.96. The van der Waals surface area contributed by atoms with E-state index in [1.165, 1.54) is 5.69 Å². The van der Waals surface area contributed by atoms with Crippen molar-refractivity contribution in [1.82, 2.24) is 24.3 Å². The molecule has 0 atom stereocenters. The van der Waals surface area contributed by atoms with Crippen molar-refractivity contribution in [3.63, 3.8) is 0 Å². The summed E-state index contributed by atoms with van der Waals surface area (Å²) in [5.74, 6) is 0.686. The lowest BCUT2D eigenvalue weighted by Gasteiger charge is -2.22. The van der Waals surface area contributed by atoms with Crippen LogP contribution < -0.4 is 0 Å². The van der Waals surface area contributed by atoms with Crippen molar-refractivity contribution in [2.24, 2.45) is 5.92 Å². The second-order valence-corrected chi connectivity index (χ2v) is 8.78. The van der Waals surface area contributed by atoms with Gasteiger partial charge in [0.15, 0.2) is 0 Å². The second-order valence-electron chi connectivity index (χ2n) is 7.83. The molecule has 2 aromatic heterocycles. The lowest BCUT2D eigenvalue weighted by atomic mass is 10.2. The summed E-state index contributed by atoms with van der Waals surface area (Å²) in [6.45, 7) is 11.7. The average Bonchev–Trinajstić information content (AvgIpc) is 3.27. The predicted octanol–water partition coefficient (Wildman–Crippen LogP) is 3.00. The molecule has 1 N–H and O–H groups in total. The molecule has 0 aliphatic carbocycles. The molecule has 166 valence electrons. The molecular weight excluding hydrogens is 402 g/mol. The Balaban J connectivity index is 0.00000101. The van der Waals surface area contributed by atoms with Gasteiger partial charge in [-0.15, -0.1) is 11.3 Å². The third-order valence-corrected chi connectivity index (χ3v) is 5.77. The maximum atomic E-state index is 12.8. The van der Waals surface area contributed by atoms with Crippen molar-refractivity contribution in [2.45, 2.75) is 53.1 Å². The standard InChI is InChI=1S/C20H31N5OS.CH2O2/c1-4-6-19-22-18(14-27-19)20(26)24-8-5-7-23(9-10-24)13-17-11-21-15-25(17)12-16(2)3;2-1-3/h11,14-16H,4-10,12-13H2,1-3H3;1H,(H,2,3). The molecule has 0 bridgehead atoms. The molecule has 0 unspecified atom stereocenters. The van der Waals surface area contributed by atoms with Crippen LogP contribution in [0.1, 0.15) is 54.8 Å². The fourth-order valence-corrected chi connectivity index (χ4v) is 4.37. The molecule has 8 nitrogen and oxygen atoms in total. The SMILES string of the molecule is CCCc1nc(C(=O)N2CCCN(Cc3cncn3CC(C)C)CC2)cs1.O=CO. The van der Waals surface area contributed by atoms with Crippen LogP contribution in [0.3, 0.4) is 0 Å². The first-order valence-electron chi connectivity index (χ1n) is 10.5. The summed E-state index contributed by atoms with van der Waals surface area (Å²) in [6, 6.07) is 0. The van der Waals surface area contributed by atoms with Gasteiger partial charge in [-0.05, 0) is 25.2 Å². The minimum atomic E-state index is -0.250. The zero-order valence-corrected chi connectivity index (χ0v) is 19.0. The van der Waals surface area contributed by atoms with Gasteiger partial charge in [-0.25, -0.2) is 9.97 Å². The monoisotopic (exact) mass is 435 g/mol. The quantitative estimate of drug-likeness (QED) is 0.672. The maximum absolute atomic E-state index is 12.8. The van der Waals surface area contributed by atoms with E-state index >= 15 is 0 Å². The summed E-state index contributed by atoms with van der Waals surface area (Å²) in [4.78, 5) is 34.4. The highest BCUT2D eigenvalue weighted by Crippen LogP contribution is 2.16. The highest BCUT2D eigenvalue weighted by molar-refractivity contribution is 7.09. The Labute approximate surface area is 182 Å². The van der Waals surface area contributed by atoms with Gasteiger partial charge in [-0.3, -0.25) is 14.5 Å². The summed E-state index contributed by atoms with van der Waals surface area (Å²) in [6.07, 6.45) is 6.92. The van der Waals surface area contributed by atoms with E-state index in [4.69, 9.17) is 9.90 Å². The maximum Gasteiger partial charge on any atom is 0.290 e. The van der Waals surface area contributed by atoms with Crippen LogP contribution in [0, 0.1) is 5.92 Å². The fraction of sp³-hybridized carbons (Fsp3) is 0.619. The van der Waals surface area contributed by atoms with Crippen LogP contribution in [0.15, 0.2) is 17.9 Å². The van der Waals surface area contributed by atoms with Gasteiger partial charge in [-0.1, -0.05) is 20.8 Å². The van der Waals surface area contributed by atoms with Gasteiger partial charge >= 0.3 is 0 Å². The number of thiazole rings is 1. The van der Waals surface area contributed by atoms with Crippen LogP contribution in [0.25, 0.3) is 0 Å².